The zero-order valence-electron chi connectivity index (χ0n) is 16.9. The molecule has 2 aromatic rings. The number of amides is 1. The van der Waals surface area contributed by atoms with Gasteiger partial charge in [0.1, 0.15) is 23.1 Å². The van der Waals surface area contributed by atoms with Crippen molar-refractivity contribution in [2.45, 2.75) is 31.8 Å². The lowest BCUT2D eigenvalue weighted by atomic mass is 10.0. The second-order valence-electron chi connectivity index (χ2n) is 7.12. The molecule has 1 N–H and O–H groups in total. The summed E-state index contributed by atoms with van der Waals surface area (Å²) >= 11 is 0. The zero-order valence-corrected chi connectivity index (χ0v) is 16.9. The highest BCUT2D eigenvalue weighted by atomic mass is 19.1. The van der Waals surface area contributed by atoms with Crippen LogP contribution in [0.3, 0.4) is 0 Å². The molecule has 2 atom stereocenters. The predicted octanol–water partition coefficient (Wildman–Crippen LogP) is 4.00. The summed E-state index contributed by atoms with van der Waals surface area (Å²) in [4.78, 5) is 14.7. The van der Waals surface area contributed by atoms with Gasteiger partial charge < -0.3 is 19.7 Å². The SMILES string of the molecule is COc1ccc(OC)c(C2CCCN2C(=O)CNC(C)c2ccc(F)cc2F)c1. The van der Waals surface area contributed by atoms with Gasteiger partial charge in [0, 0.05) is 29.8 Å². The first kappa shape index (κ1) is 21.0. The number of carbonyl (C=O) groups excluding carboxylic acids is 1. The van der Waals surface area contributed by atoms with Crippen LogP contribution in [0.1, 0.15) is 43.0 Å². The number of hydrogen-bond donors (Lipinski definition) is 1. The quantitative estimate of drug-likeness (QED) is 0.758. The van der Waals surface area contributed by atoms with E-state index in [0.717, 1.165) is 24.5 Å². The van der Waals surface area contributed by atoms with Crippen molar-refractivity contribution in [3.05, 3.63) is 59.2 Å². The summed E-state index contributed by atoms with van der Waals surface area (Å²) in [7, 11) is 3.20. The molecule has 0 aliphatic carbocycles. The van der Waals surface area contributed by atoms with E-state index in [0.29, 0.717) is 23.6 Å². The fourth-order valence-corrected chi connectivity index (χ4v) is 3.79. The molecular formula is C22H26F2N2O3. The van der Waals surface area contributed by atoms with Crippen LogP contribution in [0.25, 0.3) is 0 Å². The third-order valence-electron chi connectivity index (χ3n) is 5.36. The van der Waals surface area contributed by atoms with Crippen molar-refractivity contribution in [3.63, 3.8) is 0 Å². The van der Waals surface area contributed by atoms with Crippen LogP contribution in [0.2, 0.25) is 0 Å². The Morgan fingerprint density at radius 2 is 2.00 bits per heavy atom. The first-order valence-electron chi connectivity index (χ1n) is 9.64. The van der Waals surface area contributed by atoms with Crippen LogP contribution in [0.5, 0.6) is 11.5 Å². The Bertz CT molecular complexity index is 875. The number of ether oxygens (including phenoxy) is 2. The summed E-state index contributed by atoms with van der Waals surface area (Å²) in [5.74, 6) is 0.0925. The second kappa shape index (κ2) is 9.22. The van der Waals surface area contributed by atoms with Gasteiger partial charge in [-0.15, -0.1) is 0 Å². The van der Waals surface area contributed by atoms with Gasteiger partial charge in [0.2, 0.25) is 5.91 Å². The van der Waals surface area contributed by atoms with E-state index in [1.165, 1.54) is 12.1 Å². The van der Waals surface area contributed by atoms with Gasteiger partial charge in [-0.25, -0.2) is 8.78 Å². The Morgan fingerprint density at radius 3 is 2.69 bits per heavy atom. The lowest BCUT2D eigenvalue weighted by Gasteiger charge is -2.27. The van der Waals surface area contributed by atoms with E-state index in [1.54, 1.807) is 21.1 Å². The summed E-state index contributed by atoms with van der Waals surface area (Å²) in [5.41, 5.74) is 1.24. The Balaban J connectivity index is 1.70. The molecule has 0 saturated carbocycles. The van der Waals surface area contributed by atoms with Crippen molar-refractivity contribution < 1.29 is 23.0 Å². The van der Waals surface area contributed by atoms with E-state index >= 15 is 0 Å². The highest BCUT2D eigenvalue weighted by Crippen LogP contribution is 2.38. The van der Waals surface area contributed by atoms with Gasteiger partial charge >= 0.3 is 0 Å². The number of carbonyl (C=O) groups is 1. The number of methoxy groups -OCH3 is 2. The molecule has 0 spiro atoms. The van der Waals surface area contributed by atoms with Crippen molar-refractivity contribution in [2.75, 3.05) is 27.3 Å². The van der Waals surface area contributed by atoms with Crippen molar-refractivity contribution in [1.82, 2.24) is 10.2 Å². The number of nitrogens with zero attached hydrogens (tertiary/aromatic N) is 1. The van der Waals surface area contributed by atoms with E-state index in [9.17, 15) is 13.6 Å². The molecule has 0 radical (unpaired) electrons. The molecule has 2 aromatic carbocycles. The van der Waals surface area contributed by atoms with E-state index in [2.05, 4.69) is 5.32 Å². The third-order valence-corrected chi connectivity index (χ3v) is 5.36. The molecule has 1 saturated heterocycles. The maximum Gasteiger partial charge on any atom is 0.237 e. The minimum absolute atomic E-state index is 0.0563. The first-order valence-corrected chi connectivity index (χ1v) is 9.64. The molecule has 7 heteroatoms. The largest absolute Gasteiger partial charge is 0.497 e. The molecule has 29 heavy (non-hydrogen) atoms. The number of likely N-dealkylation sites (tertiary alicyclic amines) is 1. The standard InChI is InChI=1S/C22H26F2N2O3/c1-14(17-8-6-15(23)11-19(17)24)25-13-22(27)26-10-4-5-20(26)18-12-16(28-2)7-9-21(18)29-3/h6-9,11-12,14,20,25H,4-5,10,13H2,1-3H3. The highest BCUT2D eigenvalue weighted by molar-refractivity contribution is 5.79. The van der Waals surface area contributed by atoms with E-state index in [-0.39, 0.29) is 18.5 Å². The Morgan fingerprint density at radius 1 is 1.21 bits per heavy atom. The second-order valence-corrected chi connectivity index (χ2v) is 7.12. The summed E-state index contributed by atoms with van der Waals surface area (Å²) in [6.07, 6.45) is 1.72. The Kier molecular flexibility index (Phi) is 6.69. The molecule has 1 aliphatic heterocycles. The van der Waals surface area contributed by atoms with Gasteiger partial charge in [-0.3, -0.25) is 4.79 Å². The van der Waals surface area contributed by atoms with Crippen LogP contribution in [0.4, 0.5) is 8.78 Å². The Labute approximate surface area is 169 Å². The van der Waals surface area contributed by atoms with Crippen molar-refractivity contribution in [3.8, 4) is 11.5 Å². The van der Waals surface area contributed by atoms with Crippen molar-refractivity contribution >= 4 is 5.91 Å². The van der Waals surface area contributed by atoms with Crippen LogP contribution in [-0.4, -0.2) is 38.1 Å². The molecule has 3 rings (SSSR count). The number of halogens is 2. The van der Waals surface area contributed by atoms with Crippen molar-refractivity contribution in [2.24, 2.45) is 0 Å². The number of hydrogen-bond acceptors (Lipinski definition) is 4. The van der Waals surface area contributed by atoms with Gasteiger partial charge in [-0.05, 0) is 44.0 Å². The molecule has 1 amide bonds. The van der Waals surface area contributed by atoms with Gasteiger partial charge in [-0.2, -0.15) is 0 Å². The molecule has 156 valence electrons. The zero-order chi connectivity index (χ0) is 21.0. The third kappa shape index (κ3) is 4.67. The minimum atomic E-state index is -0.627. The lowest BCUT2D eigenvalue weighted by Crippen LogP contribution is -2.38. The summed E-state index contributed by atoms with van der Waals surface area (Å²) in [5, 5.41) is 3.05. The summed E-state index contributed by atoms with van der Waals surface area (Å²) < 4.78 is 37.9. The minimum Gasteiger partial charge on any atom is -0.497 e. The van der Waals surface area contributed by atoms with Crippen LogP contribution in [0, 0.1) is 11.6 Å². The maximum atomic E-state index is 14.0. The van der Waals surface area contributed by atoms with Crippen LogP contribution in [0.15, 0.2) is 36.4 Å². The maximum absolute atomic E-state index is 14.0. The number of nitrogens with one attached hydrogen (secondary N) is 1. The molecule has 1 aliphatic rings. The molecule has 0 aromatic heterocycles. The van der Waals surface area contributed by atoms with Crippen LogP contribution in [-0.2, 0) is 4.79 Å². The number of rotatable bonds is 7. The molecule has 1 heterocycles. The molecular weight excluding hydrogens is 378 g/mol. The molecule has 2 unspecified atom stereocenters. The summed E-state index contributed by atoms with van der Waals surface area (Å²) in [6.45, 7) is 2.45. The first-order chi connectivity index (χ1) is 13.9. The average molecular weight is 404 g/mol. The van der Waals surface area contributed by atoms with Crippen LogP contribution < -0.4 is 14.8 Å². The smallest absolute Gasteiger partial charge is 0.237 e. The number of benzene rings is 2. The monoisotopic (exact) mass is 404 g/mol. The van der Waals surface area contributed by atoms with Crippen molar-refractivity contribution in [1.29, 1.82) is 0 Å². The van der Waals surface area contributed by atoms with Gasteiger partial charge in [0.25, 0.3) is 0 Å². The highest BCUT2D eigenvalue weighted by Gasteiger charge is 2.32. The van der Waals surface area contributed by atoms with E-state index in [1.807, 2.05) is 23.1 Å². The van der Waals surface area contributed by atoms with Gasteiger partial charge in [0.15, 0.2) is 0 Å². The van der Waals surface area contributed by atoms with Gasteiger partial charge in [-0.1, -0.05) is 6.07 Å². The van der Waals surface area contributed by atoms with Crippen LogP contribution >= 0.6 is 0 Å². The molecule has 1 fully saturated rings. The lowest BCUT2D eigenvalue weighted by molar-refractivity contribution is -0.131. The topological polar surface area (TPSA) is 50.8 Å². The van der Waals surface area contributed by atoms with E-state index < -0.39 is 17.7 Å². The molecule has 5 nitrogen and oxygen atoms in total. The van der Waals surface area contributed by atoms with Gasteiger partial charge in [0.05, 0.1) is 26.8 Å². The fourth-order valence-electron chi connectivity index (χ4n) is 3.79. The normalized spacial score (nSPS) is 17.3. The van der Waals surface area contributed by atoms with E-state index in [4.69, 9.17) is 9.47 Å². The fraction of sp³-hybridized carbons (Fsp3) is 0.409. The Hall–Kier alpha value is -2.67. The average Bonchev–Trinajstić information content (AvgIpc) is 3.21. The molecule has 0 bridgehead atoms. The summed E-state index contributed by atoms with van der Waals surface area (Å²) in [6, 6.07) is 8.49. The predicted molar refractivity (Wildman–Crippen MR) is 106 cm³/mol.